The fraction of sp³-hybridized carbons (Fsp3) is 0.900. The van der Waals surface area contributed by atoms with Crippen molar-refractivity contribution >= 4 is 5.96 Å². The molecule has 0 atom stereocenters. The van der Waals surface area contributed by atoms with Crippen molar-refractivity contribution in [3.8, 4) is 0 Å². The summed E-state index contributed by atoms with van der Waals surface area (Å²) in [4.78, 5) is 4.45. The molecule has 0 amide bonds. The van der Waals surface area contributed by atoms with Crippen molar-refractivity contribution < 1.29 is 0 Å². The van der Waals surface area contributed by atoms with E-state index in [9.17, 15) is 0 Å². The first-order valence-electron chi connectivity index (χ1n) is 5.51. The molecule has 4 N–H and O–H groups in total. The van der Waals surface area contributed by atoms with Gasteiger partial charge in [-0.3, -0.25) is 10.4 Å². The van der Waals surface area contributed by atoms with E-state index in [2.05, 4.69) is 29.6 Å². The Bertz CT molecular complexity index is 196. The Morgan fingerprint density at radius 2 is 2.14 bits per heavy atom. The third-order valence-corrected chi connectivity index (χ3v) is 2.96. The molecule has 0 unspecified atom stereocenters. The number of guanidine groups is 1. The summed E-state index contributed by atoms with van der Waals surface area (Å²) in [5, 5.41) is 3.16. The Labute approximate surface area is 86.3 Å². The molecule has 0 saturated heterocycles. The average Bonchev–Trinajstić information content (AvgIpc) is 2.99. The molecule has 1 saturated carbocycles. The Morgan fingerprint density at radius 1 is 1.43 bits per heavy atom. The molecule has 14 heavy (non-hydrogen) atoms. The maximum atomic E-state index is 5.36. The van der Waals surface area contributed by atoms with Crippen LogP contribution in [0.15, 0.2) is 4.99 Å². The van der Waals surface area contributed by atoms with Crippen molar-refractivity contribution in [2.24, 2.45) is 16.3 Å². The highest BCUT2D eigenvalue weighted by Gasteiger charge is 2.40. The molecule has 1 aliphatic rings. The lowest BCUT2D eigenvalue weighted by Gasteiger charge is -2.11. The van der Waals surface area contributed by atoms with Crippen LogP contribution in [0.1, 0.15) is 39.5 Å². The summed E-state index contributed by atoms with van der Waals surface area (Å²) in [5.41, 5.74) is 3.10. The summed E-state index contributed by atoms with van der Waals surface area (Å²) in [6, 6.07) is 0. The van der Waals surface area contributed by atoms with Crippen LogP contribution in [0.25, 0.3) is 0 Å². The molecule has 1 rings (SSSR count). The van der Waals surface area contributed by atoms with E-state index >= 15 is 0 Å². The van der Waals surface area contributed by atoms with Crippen LogP contribution < -0.4 is 16.6 Å². The van der Waals surface area contributed by atoms with Gasteiger partial charge in [0.2, 0.25) is 5.96 Å². The Balaban J connectivity index is 2.32. The van der Waals surface area contributed by atoms with E-state index in [4.69, 9.17) is 5.84 Å². The molecule has 0 heterocycles. The van der Waals surface area contributed by atoms with Crippen molar-refractivity contribution in [1.29, 1.82) is 0 Å². The largest absolute Gasteiger partial charge is 0.355 e. The predicted octanol–water partition coefficient (Wildman–Crippen LogP) is 0.995. The highest BCUT2D eigenvalue weighted by atomic mass is 15.3. The lowest BCUT2D eigenvalue weighted by Crippen LogP contribution is -2.42. The molecular weight excluding hydrogens is 176 g/mol. The first-order valence-corrected chi connectivity index (χ1v) is 5.51. The first-order chi connectivity index (χ1) is 6.76. The van der Waals surface area contributed by atoms with E-state index in [0.717, 1.165) is 25.5 Å². The van der Waals surface area contributed by atoms with Crippen molar-refractivity contribution in [2.75, 3.05) is 13.1 Å². The minimum atomic E-state index is 0.496. The fourth-order valence-electron chi connectivity index (χ4n) is 1.44. The summed E-state index contributed by atoms with van der Waals surface area (Å²) >= 11 is 0. The van der Waals surface area contributed by atoms with Gasteiger partial charge >= 0.3 is 0 Å². The summed E-state index contributed by atoms with van der Waals surface area (Å²) in [6.07, 6.45) is 4.94. The minimum absolute atomic E-state index is 0.496. The van der Waals surface area contributed by atoms with Gasteiger partial charge in [-0.2, -0.15) is 0 Å². The van der Waals surface area contributed by atoms with Gasteiger partial charge in [0, 0.05) is 13.1 Å². The van der Waals surface area contributed by atoms with E-state index in [1.54, 1.807) is 0 Å². The summed E-state index contributed by atoms with van der Waals surface area (Å²) in [6.45, 7) is 6.18. The number of hydrogen-bond donors (Lipinski definition) is 3. The SMILES string of the molecule is CCCNC(=NCC1(CC)CC1)NN. The average molecular weight is 198 g/mol. The number of aliphatic imine (C=N–C) groups is 1. The number of rotatable bonds is 5. The smallest absolute Gasteiger partial charge is 0.205 e. The molecule has 0 aromatic rings. The van der Waals surface area contributed by atoms with Crippen molar-refractivity contribution in [3.05, 3.63) is 0 Å². The standard InChI is InChI=1S/C10H22N4/c1-3-7-12-9(14-11)13-8-10(4-2)5-6-10/h3-8,11H2,1-2H3,(H2,12,13,14). The normalized spacial score (nSPS) is 19.2. The molecule has 0 radical (unpaired) electrons. The zero-order chi connectivity index (χ0) is 10.4. The second-order valence-corrected chi connectivity index (χ2v) is 4.09. The molecule has 0 spiro atoms. The summed E-state index contributed by atoms with van der Waals surface area (Å²) < 4.78 is 0. The molecule has 4 nitrogen and oxygen atoms in total. The molecule has 82 valence electrons. The lowest BCUT2D eigenvalue weighted by atomic mass is 10.1. The van der Waals surface area contributed by atoms with E-state index in [0.29, 0.717) is 5.41 Å². The van der Waals surface area contributed by atoms with Crippen LogP contribution in [0.3, 0.4) is 0 Å². The molecular formula is C10H22N4. The molecule has 4 heteroatoms. The number of hydrazine groups is 1. The second-order valence-electron chi connectivity index (χ2n) is 4.09. The van der Waals surface area contributed by atoms with Gasteiger partial charge in [0.25, 0.3) is 0 Å². The topological polar surface area (TPSA) is 62.4 Å². The summed E-state index contributed by atoms with van der Waals surface area (Å²) in [7, 11) is 0. The van der Waals surface area contributed by atoms with Crippen molar-refractivity contribution in [3.63, 3.8) is 0 Å². The van der Waals surface area contributed by atoms with E-state index in [1.807, 2.05) is 0 Å². The van der Waals surface area contributed by atoms with E-state index in [-0.39, 0.29) is 0 Å². The highest BCUT2D eigenvalue weighted by Crippen LogP contribution is 2.48. The van der Waals surface area contributed by atoms with Crippen molar-refractivity contribution in [2.45, 2.75) is 39.5 Å². The van der Waals surface area contributed by atoms with Crippen LogP contribution in [0, 0.1) is 5.41 Å². The second kappa shape index (κ2) is 5.20. The van der Waals surface area contributed by atoms with Crippen LogP contribution in [-0.2, 0) is 0 Å². The van der Waals surface area contributed by atoms with Gasteiger partial charge < -0.3 is 5.32 Å². The Morgan fingerprint density at radius 3 is 2.57 bits per heavy atom. The minimum Gasteiger partial charge on any atom is -0.355 e. The van der Waals surface area contributed by atoms with Gasteiger partial charge in [0.1, 0.15) is 0 Å². The predicted molar refractivity (Wildman–Crippen MR) is 59.9 cm³/mol. The van der Waals surface area contributed by atoms with Crippen LogP contribution in [0.2, 0.25) is 0 Å². The van der Waals surface area contributed by atoms with Crippen LogP contribution in [0.4, 0.5) is 0 Å². The number of nitrogens with two attached hydrogens (primary N) is 1. The van der Waals surface area contributed by atoms with Gasteiger partial charge in [0.15, 0.2) is 0 Å². The number of hydrogen-bond acceptors (Lipinski definition) is 2. The van der Waals surface area contributed by atoms with E-state index in [1.165, 1.54) is 19.3 Å². The molecule has 1 aliphatic carbocycles. The van der Waals surface area contributed by atoms with Gasteiger partial charge in [-0.25, -0.2) is 5.84 Å². The molecule has 0 bridgehead atoms. The number of nitrogens with zero attached hydrogens (tertiary/aromatic N) is 1. The van der Waals surface area contributed by atoms with Crippen LogP contribution >= 0.6 is 0 Å². The third kappa shape index (κ3) is 3.18. The van der Waals surface area contributed by atoms with Crippen molar-refractivity contribution in [1.82, 2.24) is 10.7 Å². The number of nitrogens with one attached hydrogen (secondary N) is 2. The van der Waals surface area contributed by atoms with Gasteiger partial charge in [-0.15, -0.1) is 0 Å². The van der Waals surface area contributed by atoms with Gasteiger partial charge in [-0.1, -0.05) is 13.8 Å². The zero-order valence-electron chi connectivity index (χ0n) is 9.27. The first kappa shape index (κ1) is 11.3. The lowest BCUT2D eigenvalue weighted by molar-refractivity contribution is 0.504. The molecule has 0 aromatic carbocycles. The maximum Gasteiger partial charge on any atom is 0.205 e. The molecule has 0 aliphatic heterocycles. The Hall–Kier alpha value is -0.770. The monoisotopic (exact) mass is 198 g/mol. The van der Waals surface area contributed by atoms with Crippen LogP contribution in [-0.4, -0.2) is 19.0 Å². The van der Waals surface area contributed by atoms with Gasteiger partial charge in [-0.05, 0) is 31.1 Å². The highest BCUT2D eigenvalue weighted by molar-refractivity contribution is 5.79. The van der Waals surface area contributed by atoms with Gasteiger partial charge in [0.05, 0.1) is 0 Å². The maximum absolute atomic E-state index is 5.36. The molecule has 0 aromatic heterocycles. The molecule has 1 fully saturated rings. The fourth-order valence-corrected chi connectivity index (χ4v) is 1.44. The third-order valence-electron chi connectivity index (χ3n) is 2.96. The Kier molecular flexibility index (Phi) is 4.20. The zero-order valence-corrected chi connectivity index (χ0v) is 9.27. The quantitative estimate of drug-likeness (QED) is 0.267. The van der Waals surface area contributed by atoms with Crippen LogP contribution in [0.5, 0.6) is 0 Å². The van der Waals surface area contributed by atoms with E-state index < -0.39 is 0 Å². The summed E-state index contributed by atoms with van der Waals surface area (Å²) in [5.74, 6) is 6.09.